The average Bonchev–Trinajstić information content (AvgIpc) is 2.25. The van der Waals surface area contributed by atoms with Crippen molar-refractivity contribution >= 4 is 0 Å². The van der Waals surface area contributed by atoms with Gasteiger partial charge in [0.1, 0.15) is 0 Å². The third-order valence-corrected chi connectivity index (χ3v) is 5.09. The van der Waals surface area contributed by atoms with Crippen LogP contribution in [0.2, 0.25) is 0 Å². The molecule has 0 aromatic rings. The van der Waals surface area contributed by atoms with Gasteiger partial charge < -0.3 is 4.74 Å². The van der Waals surface area contributed by atoms with Gasteiger partial charge in [0, 0.05) is 7.11 Å². The fraction of sp³-hybridized carbons (Fsp3) is 0.857. The van der Waals surface area contributed by atoms with Gasteiger partial charge >= 0.3 is 0 Å². The van der Waals surface area contributed by atoms with E-state index >= 15 is 0 Å². The van der Waals surface area contributed by atoms with Crippen molar-refractivity contribution in [1.82, 2.24) is 0 Å². The summed E-state index contributed by atoms with van der Waals surface area (Å²) in [7, 11) is 1.85. The quantitative estimate of drug-likeness (QED) is 0.596. The summed E-state index contributed by atoms with van der Waals surface area (Å²) in [5.74, 6) is 1.67. The summed E-state index contributed by atoms with van der Waals surface area (Å²) in [6.45, 7) is 7.29. The van der Waals surface area contributed by atoms with E-state index < -0.39 is 0 Å². The molecule has 0 bridgehead atoms. The predicted octanol–water partition coefficient (Wildman–Crippen LogP) is 3.79. The van der Waals surface area contributed by atoms with Crippen LogP contribution in [0.4, 0.5) is 0 Å². The Morgan fingerprint density at radius 1 is 1.40 bits per heavy atom. The van der Waals surface area contributed by atoms with E-state index in [4.69, 9.17) is 4.74 Å². The zero-order chi connectivity index (χ0) is 11.1. The molecule has 0 radical (unpaired) electrons. The highest BCUT2D eigenvalue weighted by molar-refractivity contribution is 5.22. The van der Waals surface area contributed by atoms with Gasteiger partial charge in [0.2, 0.25) is 0 Å². The monoisotopic (exact) mass is 208 g/mol. The van der Waals surface area contributed by atoms with Gasteiger partial charge in [-0.2, -0.15) is 0 Å². The highest BCUT2D eigenvalue weighted by Crippen LogP contribution is 2.52. The summed E-state index contributed by atoms with van der Waals surface area (Å²) >= 11 is 0. The maximum atomic E-state index is 5.51. The fourth-order valence-electron chi connectivity index (χ4n) is 3.40. The minimum absolute atomic E-state index is 0.465. The Hall–Kier alpha value is -0.300. The third-order valence-electron chi connectivity index (χ3n) is 5.09. The second kappa shape index (κ2) is 3.93. The molecule has 1 saturated carbocycles. The van der Waals surface area contributed by atoms with Crippen LogP contribution in [-0.2, 0) is 4.74 Å². The third kappa shape index (κ3) is 1.75. The number of ether oxygens (including phenoxy) is 1. The molecule has 2 aliphatic carbocycles. The largest absolute Gasteiger partial charge is 0.381 e. The molecule has 15 heavy (non-hydrogen) atoms. The molecule has 0 amide bonds. The molecule has 2 aliphatic rings. The van der Waals surface area contributed by atoms with Crippen LogP contribution in [0.1, 0.15) is 46.5 Å². The lowest BCUT2D eigenvalue weighted by atomic mass is 9.57. The number of fused-ring (bicyclic) bond motifs is 1. The van der Waals surface area contributed by atoms with Gasteiger partial charge in [-0.05, 0) is 42.9 Å². The second-order valence-electron chi connectivity index (χ2n) is 5.75. The van der Waals surface area contributed by atoms with Crippen LogP contribution < -0.4 is 0 Å². The number of rotatable bonds is 1. The maximum absolute atomic E-state index is 5.51. The average molecular weight is 208 g/mol. The van der Waals surface area contributed by atoms with E-state index in [9.17, 15) is 0 Å². The molecule has 4 unspecified atom stereocenters. The van der Waals surface area contributed by atoms with Crippen LogP contribution in [0, 0.1) is 17.3 Å². The van der Waals surface area contributed by atoms with Crippen LogP contribution in [0.5, 0.6) is 0 Å². The van der Waals surface area contributed by atoms with Crippen LogP contribution in [0.3, 0.4) is 0 Å². The van der Waals surface area contributed by atoms with Gasteiger partial charge in [-0.3, -0.25) is 0 Å². The lowest BCUT2D eigenvalue weighted by molar-refractivity contribution is 0.0330. The van der Waals surface area contributed by atoms with Gasteiger partial charge in [0.15, 0.2) is 0 Å². The Morgan fingerprint density at radius 3 is 2.80 bits per heavy atom. The Bertz CT molecular complexity index is 269. The molecule has 1 nitrogen and oxygen atoms in total. The van der Waals surface area contributed by atoms with E-state index in [0.29, 0.717) is 11.5 Å². The first kappa shape index (κ1) is 11.2. The zero-order valence-corrected chi connectivity index (χ0v) is 10.5. The van der Waals surface area contributed by atoms with Crippen molar-refractivity contribution in [2.75, 3.05) is 7.11 Å². The molecule has 0 saturated heterocycles. The van der Waals surface area contributed by atoms with Crippen molar-refractivity contribution in [3.63, 3.8) is 0 Å². The topological polar surface area (TPSA) is 9.23 Å². The summed E-state index contributed by atoms with van der Waals surface area (Å²) < 4.78 is 5.51. The van der Waals surface area contributed by atoms with Gasteiger partial charge in [-0.25, -0.2) is 0 Å². The van der Waals surface area contributed by atoms with E-state index in [1.54, 1.807) is 5.57 Å². The lowest BCUT2D eigenvalue weighted by Gasteiger charge is -2.48. The van der Waals surface area contributed by atoms with Crippen LogP contribution >= 0.6 is 0 Å². The number of hydrogen-bond acceptors (Lipinski definition) is 1. The molecule has 0 aliphatic heterocycles. The van der Waals surface area contributed by atoms with Gasteiger partial charge in [0.05, 0.1) is 6.10 Å². The number of methoxy groups -OCH3 is 1. The van der Waals surface area contributed by atoms with E-state index in [0.717, 1.165) is 11.8 Å². The summed E-state index contributed by atoms with van der Waals surface area (Å²) in [6, 6.07) is 0. The molecule has 0 spiro atoms. The van der Waals surface area contributed by atoms with Gasteiger partial charge in [0.25, 0.3) is 0 Å². The zero-order valence-electron chi connectivity index (χ0n) is 10.5. The normalized spacial score (nSPS) is 45.9. The van der Waals surface area contributed by atoms with Crippen molar-refractivity contribution in [2.45, 2.75) is 52.6 Å². The Balaban J connectivity index is 2.22. The molecule has 0 N–H and O–H groups in total. The van der Waals surface area contributed by atoms with Gasteiger partial charge in [-0.1, -0.05) is 32.4 Å². The highest BCUT2D eigenvalue weighted by atomic mass is 16.5. The summed E-state index contributed by atoms with van der Waals surface area (Å²) in [5.41, 5.74) is 2.14. The first-order valence-electron chi connectivity index (χ1n) is 6.30. The van der Waals surface area contributed by atoms with Gasteiger partial charge in [-0.15, -0.1) is 0 Å². The fourth-order valence-corrected chi connectivity index (χ4v) is 3.40. The number of allylic oxidation sites excluding steroid dienone is 1. The van der Waals surface area contributed by atoms with Crippen molar-refractivity contribution in [3.8, 4) is 0 Å². The van der Waals surface area contributed by atoms with E-state index in [-0.39, 0.29) is 0 Å². The van der Waals surface area contributed by atoms with Crippen molar-refractivity contribution < 1.29 is 4.74 Å². The Labute approximate surface area is 93.9 Å². The minimum atomic E-state index is 0.465. The van der Waals surface area contributed by atoms with Crippen molar-refractivity contribution in [2.24, 2.45) is 17.3 Å². The lowest BCUT2D eigenvalue weighted by Crippen LogP contribution is -2.40. The summed E-state index contributed by atoms with van der Waals surface area (Å²) in [5, 5.41) is 0. The van der Waals surface area contributed by atoms with E-state index in [2.05, 4.69) is 26.8 Å². The molecule has 1 fully saturated rings. The second-order valence-corrected chi connectivity index (χ2v) is 5.75. The summed E-state index contributed by atoms with van der Waals surface area (Å²) in [6.07, 6.45) is 7.96. The molecular weight excluding hydrogens is 184 g/mol. The molecule has 2 rings (SSSR count). The summed E-state index contributed by atoms with van der Waals surface area (Å²) in [4.78, 5) is 0. The molecular formula is C14H24O. The standard InChI is InChI=1S/C14H24O/c1-10-5-6-12-9-13(15-4)7-8-14(12,3)11(10)2/h6,10-11,13H,5,7-9H2,1-4H3. The Morgan fingerprint density at radius 2 is 2.13 bits per heavy atom. The number of hydrogen-bond donors (Lipinski definition) is 0. The minimum Gasteiger partial charge on any atom is -0.381 e. The maximum Gasteiger partial charge on any atom is 0.0608 e. The van der Waals surface area contributed by atoms with Crippen LogP contribution in [-0.4, -0.2) is 13.2 Å². The predicted molar refractivity (Wildman–Crippen MR) is 63.8 cm³/mol. The first-order chi connectivity index (χ1) is 7.08. The van der Waals surface area contributed by atoms with Crippen molar-refractivity contribution in [3.05, 3.63) is 11.6 Å². The first-order valence-corrected chi connectivity index (χ1v) is 6.30. The molecule has 0 heterocycles. The molecule has 0 aromatic heterocycles. The molecule has 1 heteroatoms. The molecule has 4 atom stereocenters. The van der Waals surface area contributed by atoms with E-state index in [1.807, 2.05) is 7.11 Å². The van der Waals surface area contributed by atoms with Crippen LogP contribution in [0.15, 0.2) is 11.6 Å². The van der Waals surface area contributed by atoms with Crippen molar-refractivity contribution in [1.29, 1.82) is 0 Å². The Kier molecular flexibility index (Phi) is 2.94. The molecule has 0 aromatic carbocycles. The molecule has 86 valence electrons. The van der Waals surface area contributed by atoms with E-state index in [1.165, 1.54) is 25.7 Å². The van der Waals surface area contributed by atoms with Crippen LogP contribution in [0.25, 0.3) is 0 Å². The SMILES string of the molecule is COC1CCC2(C)C(=CCC(C)C2C)C1. The smallest absolute Gasteiger partial charge is 0.0608 e. The highest BCUT2D eigenvalue weighted by Gasteiger charge is 2.43.